The molecule has 0 saturated carbocycles. The molecule has 0 heterocycles. The Morgan fingerprint density at radius 2 is 0.671 bits per heavy atom. The zero-order chi connectivity index (χ0) is 49.2. The summed E-state index contributed by atoms with van der Waals surface area (Å²) in [4.78, 5) is 52.7. The summed E-state index contributed by atoms with van der Waals surface area (Å²) in [5.41, 5.74) is 9.27. The number of carbonyl (C=O) groups is 4. The second-order valence-electron chi connectivity index (χ2n) is 17.9. The van der Waals surface area contributed by atoms with Crippen LogP contribution < -0.4 is 18.9 Å². The highest BCUT2D eigenvalue weighted by Crippen LogP contribution is 2.28. The topological polar surface area (TPSA) is 105 Å². The maximum atomic E-state index is 13.2. The van der Waals surface area contributed by atoms with Gasteiger partial charge in [-0.05, 0) is 157 Å². The van der Waals surface area contributed by atoms with Crippen molar-refractivity contribution in [1.82, 2.24) is 0 Å². The molecule has 0 spiro atoms. The van der Waals surface area contributed by atoms with E-state index in [0.717, 1.165) is 35.1 Å². The third-order valence-electron chi connectivity index (χ3n) is 12.4. The number of carbonyl (C=O) groups excluding carboxylic acids is 4. The van der Waals surface area contributed by atoms with Crippen LogP contribution in [0.3, 0.4) is 0 Å². The maximum absolute atomic E-state index is 13.2. The van der Waals surface area contributed by atoms with E-state index in [4.69, 9.17) is 18.9 Å². The van der Waals surface area contributed by atoms with Crippen LogP contribution in [0.5, 0.6) is 23.0 Å². The van der Waals surface area contributed by atoms with E-state index >= 15 is 0 Å². The molecule has 358 valence electrons. The molecule has 0 atom stereocenters. The van der Waals surface area contributed by atoms with Gasteiger partial charge in [0.1, 0.15) is 23.0 Å². The molecule has 0 aliphatic carbocycles. The van der Waals surface area contributed by atoms with Crippen LogP contribution in [0.2, 0.25) is 0 Å². The van der Waals surface area contributed by atoms with Crippen molar-refractivity contribution in [3.63, 3.8) is 0 Å². The van der Waals surface area contributed by atoms with Gasteiger partial charge in [-0.2, -0.15) is 0 Å². The highest BCUT2D eigenvalue weighted by atomic mass is 16.6. The SMILES string of the molecule is CCCCCCCc1ccc(-c2ccc(C(=O)Oc3ccc(C(=O)Oc4cccc(OC(=O)c5ccc(OC(=O)c6ccc(-c7ccc(CCCCCCC)cc7)cc6)c(C)c5)c4)cc3C)cc2)cc1. The highest BCUT2D eigenvalue weighted by Gasteiger charge is 2.18. The van der Waals surface area contributed by atoms with E-state index in [1.807, 2.05) is 24.3 Å². The Labute approximate surface area is 412 Å². The predicted molar refractivity (Wildman–Crippen MR) is 277 cm³/mol. The molecule has 0 radical (unpaired) electrons. The fourth-order valence-corrected chi connectivity index (χ4v) is 8.22. The molecule has 0 unspecified atom stereocenters. The van der Waals surface area contributed by atoms with Crippen LogP contribution >= 0.6 is 0 Å². The van der Waals surface area contributed by atoms with Crippen LogP contribution in [0.25, 0.3) is 22.3 Å². The minimum Gasteiger partial charge on any atom is -0.423 e. The second-order valence-corrected chi connectivity index (χ2v) is 17.9. The lowest BCUT2D eigenvalue weighted by atomic mass is 10.00. The van der Waals surface area contributed by atoms with E-state index in [-0.39, 0.29) is 22.6 Å². The lowest BCUT2D eigenvalue weighted by Gasteiger charge is -2.11. The minimum atomic E-state index is -0.648. The molecule has 8 nitrogen and oxygen atoms in total. The molecular weight excluding hydrogens is 873 g/mol. The summed E-state index contributed by atoms with van der Waals surface area (Å²) < 4.78 is 22.7. The monoisotopic (exact) mass is 934 g/mol. The Morgan fingerprint density at radius 1 is 0.343 bits per heavy atom. The first-order chi connectivity index (χ1) is 34.1. The van der Waals surface area contributed by atoms with Crippen molar-refractivity contribution in [2.24, 2.45) is 0 Å². The van der Waals surface area contributed by atoms with Crippen molar-refractivity contribution in [3.05, 3.63) is 202 Å². The summed E-state index contributed by atoms with van der Waals surface area (Å²) >= 11 is 0. The summed E-state index contributed by atoms with van der Waals surface area (Å²) in [6.45, 7) is 7.94. The number of benzene rings is 7. The van der Waals surface area contributed by atoms with E-state index in [0.29, 0.717) is 33.8 Å². The van der Waals surface area contributed by atoms with E-state index in [2.05, 4.69) is 62.4 Å². The van der Waals surface area contributed by atoms with Crippen LogP contribution in [0.1, 0.15) is 142 Å². The number of aryl methyl sites for hydroxylation is 4. The van der Waals surface area contributed by atoms with Crippen LogP contribution in [0.15, 0.2) is 158 Å². The lowest BCUT2D eigenvalue weighted by molar-refractivity contribution is 0.0722. The smallest absolute Gasteiger partial charge is 0.343 e. The van der Waals surface area contributed by atoms with Crippen LogP contribution in [-0.2, 0) is 12.8 Å². The number of hydrogen-bond acceptors (Lipinski definition) is 8. The molecule has 0 N–H and O–H groups in total. The summed E-state index contributed by atoms with van der Waals surface area (Å²) in [5.74, 6) is -1.37. The number of ether oxygens (including phenoxy) is 4. The first-order valence-electron chi connectivity index (χ1n) is 24.7. The summed E-state index contributed by atoms with van der Waals surface area (Å²) in [6.07, 6.45) is 14.8. The molecule has 0 saturated heterocycles. The van der Waals surface area contributed by atoms with Gasteiger partial charge < -0.3 is 18.9 Å². The molecule has 0 fully saturated rings. The standard InChI is InChI=1S/C62H62O8/c1-5-7-9-11-13-16-45-20-24-47(25-21-45)49-28-32-51(33-29-49)59(63)69-57-38-36-53(40-43(57)3)61(65)67-55-18-15-19-56(42-55)68-62(66)54-37-39-58(44(4)41-54)70-60(64)52-34-30-50(31-35-52)48-26-22-46(23-27-48)17-14-12-10-8-6-2/h15,18-42H,5-14,16-17H2,1-4H3. The van der Waals surface area contributed by atoms with Crippen molar-refractivity contribution < 1.29 is 38.1 Å². The number of esters is 4. The van der Waals surface area contributed by atoms with Gasteiger partial charge in [0.15, 0.2) is 0 Å². The predicted octanol–water partition coefficient (Wildman–Crippen LogP) is 15.5. The zero-order valence-corrected chi connectivity index (χ0v) is 40.8. The molecule has 0 aliphatic rings. The Hall–Kier alpha value is -7.58. The van der Waals surface area contributed by atoms with Gasteiger partial charge >= 0.3 is 23.9 Å². The molecule has 0 aromatic heterocycles. The fourth-order valence-electron chi connectivity index (χ4n) is 8.22. The van der Waals surface area contributed by atoms with Crippen LogP contribution in [-0.4, -0.2) is 23.9 Å². The van der Waals surface area contributed by atoms with Crippen molar-refractivity contribution in [2.75, 3.05) is 0 Å². The molecule has 8 heteroatoms. The second kappa shape index (κ2) is 25.2. The highest BCUT2D eigenvalue weighted by molar-refractivity contribution is 5.95. The molecule has 7 rings (SSSR count). The van der Waals surface area contributed by atoms with Gasteiger partial charge in [0.2, 0.25) is 0 Å². The van der Waals surface area contributed by atoms with Crippen LogP contribution in [0, 0.1) is 13.8 Å². The molecule has 7 aromatic rings. The van der Waals surface area contributed by atoms with Crippen molar-refractivity contribution in [1.29, 1.82) is 0 Å². The maximum Gasteiger partial charge on any atom is 0.343 e. The van der Waals surface area contributed by atoms with Gasteiger partial charge in [-0.25, -0.2) is 19.2 Å². The fraction of sp³-hybridized carbons (Fsp3) is 0.258. The number of hydrogen-bond donors (Lipinski definition) is 0. The van der Waals surface area contributed by atoms with Crippen molar-refractivity contribution in [2.45, 2.75) is 105 Å². The minimum absolute atomic E-state index is 0.161. The third-order valence-corrected chi connectivity index (χ3v) is 12.4. The van der Waals surface area contributed by atoms with Gasteiger partial charge in [-0.3, -0.25) is 0 Å². The summed E-state index contributed by atoms with van der Waals surface area (Å²) in [7, 11) is 0. The average Bonchev–Trinajstić information content (AvgIpc) is 3.38. The molecule has 7 aromatic carbocycles. The molecular formula is C62H62O8. The van der Waals surface area contributed by atoms with E-state index < -0.39 is 23.9 Å². The van der Waals surface area contributed by atoms with E-state index in [1.165, 1.54) is 93.5 Å². The van der Waals surface area contributed by atoms with Gasteiger partial charge in [-0.1, -0.05) is 144 Å². The molecule has 0 aliphatic heterocycles. The van der Waals surface area contributed by atoms with E-state index in [1.54, 1.807) is 80.6 Å². The van der Waals surface area contributed by atoms with Crippen molar-refractivity contribution >= 4 is 23.9 Å². The van der Waals surface area contributed by atoms with E-state index in [9.17, 15) is 19.2 Å². The summed E-state index contributed by atoms with van der Waals surface area (Å²) in [5, 5.41) is 0. The van der Waals surface area contributed by atoms with Gasteiger partial charge in [0, 0.05) is 6.07 Å². The Bertz CT molecular complexity index is 2670. The Balaban J connectivity index is 0.874. The molecule has 70 heavy (non-hydrogen) atoms. The van der Waals surface area contributed by atoms with Gasteiger partial charge in [0.05, 0.1) is 22.3 Å². The Kier molecular flexibility index (Phi) is 18.1. The quantitative estimate of drug-likeness (QED) is 0.0376. The van der Waals surface area contributed by atoms with Crippen molar-refractivity contribution in [3.8, 4) is 45.3 Å². The molecule has 0 bridgehead atoms. The molecule has 0 amide bonds. The summed E-state index contributed by atoms with van der Waals surface area (Å²) in [6, 6.07) is 47.4. The van der Waals surface area contributed by atoms with Gasteiger partial charge in [0.25, 0.3) is 0 Å². The number of unbranched alkanes of at least 4 members (excludes halogenated alkanes) is 8. The first-order valence-corrected chi connectivity index (χ1v) is 24.7. The lowest BCUT2D eigenvalue weighted by Crippen LogP contribution is -2.12. The first kappa shape index (κ1) is 50.3. The zero-order valence-electron chi connectivity index (χ0n) is 40.8. The normalized spacial score (nSPS) is 10.9. The average molecular weight is 935 g/mol. The number of rotatable bonds is 22. The Morgan fingerprint density at radius 3 is 1.03 bits per heavy atom. The largest absolute Gasteiger partial charge is 0.423 e. The van der Waals surface area contributed by atoms with Gasteiger partial charge in [-0.15, -0.1) is 0 Å². The third kappa shape index (κ3) is 14.2. The van der Waals surface area contributed by atoms with Crippen LogP contribution in [0.4, 0.5) is 0 Å².